The molecule has 0 bridgehead atoms. The molecule has 16 heavy (non-hydrogen) atoms. The van der Waals surface area contributed by atoms with Crippen LogP contribution in [0, 0.1) is 0 Å². The zero-order valence-electron chi connectivity index (χ0n) is 8.39. The van der Waals surface area contributed by atoms with Crippen LogP contribution in [0.3, 0.4) is 0 Å². The molecule has 92 valence electrons. The average Bonchev–Trinajstić information content (AvgIpc) is 2.29. The van der Waals surface area contributed by atoms with Crippen molar-refractivity contribution in [2.24, 2.45) is 0 Å². The molecule has 1 unspecified atom stereocenters. The van der Waals surface area contributed by atoms with E-state index in [4.69, 9.17) is 5.11 Å². The van der Waals surface area contributed by atoms with Crippen LogP contribution in [0.5, 0.6) is 0 Å². The van der Waals surface area contributed by atoms with Crippen molar-refractivity contribution >= 4 is 22.2 Å². The molecule has 0 aromatic carbocycles. The van der Waals surface area contributed by atoms with E-state index in [9.17, 15) is 18.0 Å². The Kier molecular flexibility index (Phi) is 4.07. The van der Waals surface area contributed by atoms with Crippen LogP contribution in [0.1, 0.15) is 19.3 Å². The van der Waals surface area contributed by atoms with Crippen molar-refractivity contribution in [3.05, 3.63) is 0 Å². The highest BCUT2D eigenvalue weighted by Gasteiger charge is 2.26. The maximum absolute atomic E-state index is 11.4. The highest BCUT2D eigenvalue weighted by Crippen LogP contribution is 2.05. The summed E-state index contributed by atoms with van der Waals surface area (Å²) in [6, 6.07) is -0.917. The first-order valence-corrected chi connectivity index (χ1v) is 6.20. The number of amides is 2. The van der Waals surface area contributed by atoms with Crippen LogP contribution in [0.25, 0.3) is 0 Å². The summed E-state index contributed by atoms with van der Waals surface area (Å²) in [5, 5.41) is 10.8. The molecule has 1 saturated heterocycles. The molecule has 1 atom stereocenters. The SMILES string of the molecule is O=C(O)NS(=O)(=O)NC1CCCCNC1=O. The maximum atomic E-state index is 11.4. The lowest BCUT2D eigenvalue weighted by molar-refractivity contribution is -0.122. The van der Waals surface area contributed by atoms with Crippen molar-refractivity contribution in [3.8, 4) is 0 Å². The van der Waals surface area contributed by atoms with Gasteiger partial charge in [0, 0.05) is 6.54 Å². The largest absolute Gasteiger partial charge is 0.464 e. The minimum atomic E-state index is -4.19. The fourth-order valence-electron chi connectivity index (χ4n) is 1.38. The van der Waals surface area contributed by atoms with Gasteiger partial charge in [0.1, 0.15) is 6.04 Å². The summed E-state index contributed by atoms with van der Waals surface area (Å²) in [4.78, 5) is 21.5. The van der Waals surface area contributed by atoms with Gasteiger partial charge in [-0.15, -0.1) is 0 Å². The van der Waals surface area contributed by atoms with Gasteiger partial charge in [-0.3, -0.25) is 4.79 Å². The smallest absolute Gasteiger partial charge is 0.419 e. The normalized spacial score (nSPS) is 22.0. The molecule has 0 radical (unpaired) electrons. The Labute approximate surface area is 92.6 Å². The third-order valence-electron chi connectivity index (χ3n) is 2.05. The van der Waals surface area contributed by atoms with Crippen molar-refractivity contribution in [3.63, 3.8) is 0 Å². The van der Waals surface area contributed by atoms with Crippen LogP contribution in [0.15, 0.2) is 0 Å². The predicted molar refractivity (Wildman–Crippen MR) is 53.9 cm³/mol. The molecule has 1 heterocycles. The summed E-state index contributed by atoms with van der Waals surface area (Å²) >= 11 is 0. The number of carbonyl (C=O) groups excluding carboxylic acids is 1. The van der Waals surface area contributed by atoms with Crippen LogP contribution in [-0.4, -0.2) is 38.1 Å². The summed E-state index contributed by atoms with van der Waals surface area (Å²) in [5.41, 5.74) is 0. The van der Waals surface area contributed by atoms with Gasteiger partial charge in [-0.05, 0) is 19.3 Å². The zero-order chi connectivity index (χ0) is 12.2. The molecule has 1 aliphatic heterocycles. The molecule has 0 aliphatic carbocycles. The molecule has 0 aromatic rings. The number of hydrogen-bond donors (Lipinski definition) is 4. The number of nitrogens with one attached hydrogen (secondary N) is 3. The van der Waals surface area contributed by atoms with Crippen molar-refractivity contribution in [2.45, 2.75) is 25.3 Å². The molecule has 4 N–H and O–H groups in total. The first-order chi connectivity index (χ1) is 7.41. The topological polar surface area (TPSA) is 125 Å². The van der Waals surface area contributed by atoms with E-state index in [-0.39, 0.29) is 0 Å². The van der Waals surface area contributed by atoms with E-state index in [0.717, 1.165) is 6.42 Å². The molecule has 0 spiro atoms. The Bertz CT molecular complexity index is 379. The number of carbonyl (C=O) groups is 2. The van der Waals surface area contributed by atoms with Gasteiger partial charge >= 0.3 is 16.3 Å². The second kappa shape index (κ2) is 5.12. The fraction of sp³-hybridized carbons (Fsp3) is 0.714. The number of rotatable bonds is 3. The number of hydrogen-bond acceptors (Lipinski definition) is 4. The highest BCUT2D eigenvalue weighted by molar-refractivity contribution is 7.88. The predicted octanol–water partition coefficient (Wildman–Crippen LogP) is -1.24. The Hall–Kier alpha value is -1.35. The lowest BCUT2D eigenvalue weighted by atomic mass is 10.1. The molecule has 0 aromatic heterocycles. The second-order valence-electron chi connectivity index (χ2n) is 3.37. The molecular weight excluding hydrogens is 238 g/mol. The van der Waals surface area contributed by atoms with Gasteiger partial charge in [0.15, 0.2) is 0 Å². The molecule has 1 fully saturated rings. The minimum absolute atomic E-state index is 0.354. The molecule has 2 amide bonds. The minimum Gasteiger partial charge on any atom is -0.464 e. The summed E-state index contributed by atoms with van der Waals surface area (Å²) in [5.74, 6) is -0.437. The van der Waals surface area contributed by atoms with Gasteiger partial charge in [-0.1, -0.05) is 0 Å². The van der Waals surface area contributed by atoms with Crippen LogP contribution in [0.2, 0.25) is 0 Å². The monoisotopic (exact) mass is 251 g/mol. The third kappa shape index (κ3) is 4.03. The third-order valence-corrected chi connectivity index (χ3v) is 3.09. The highest BCUT2D eigenvalue weighted by atomic mass is 32.2. The average molecular weight is 251 g/mol. The fourth-order valence-corrected chi connectivity index (χ4v) is 2.27. The number of carboxylic acid groups (broad SMARTS) is 1. The van der Waals surface area contributed by atoms with Gasteiger partial charge in [0.2, 0.25) is 5.91 Å². The maximum Gasteiger partial charge on any atom is 0.419 e. The lowest BCUT2D eigenvalue weighted by Gasteiger charge is -2.14. The Morgan fingerprint density at radius 1 is 1.44 bits per heavy atom. The van der Waals surface area contributed by atoms with E-state index >= 15 is 0 Å². The van der Waals surface area contributed by atoms with E-state index in [2.05, 4.69) is 5.32 Å². The molecular formula is C7H13N3O5S. The van der Waals surface area contributed by atoms with Crippen molar-refractivity contribution in [1.29, 1.82) is 0 Å². The summed E-state index contributed by atoms with van der Waals surface area (Å²) < 4.78 is 25.7. The van der Waals surface area contributed by atoms with Crippen LogP contribution in [-0.2, 0) is 15.0 Å². The molecule has 1 aliphatic rings. The van der Waals surface area contributed by atoms with Crippen LogP contribution >= 0.6 is 0 Å². The van der Waals surface area contributed by atoms with Crippen LogP contribution in [0.4, 0.5) is 4.79 Å². The lowest BCUT2D eigenvalue weighted by Crippen LogP contribution is -2.50. The summed E-state index contributed by atoms with van der Waals surface area (Å²) in [6.45, 7) is 0.503. The van der Waals surface area contributed by atoms with Gasteiger partial charge in [-0.2, -0.15) is 13.1 Å². The molecule has 1 rings (SSSR count). The quantitative estimate of drug-likeness (QED) is 0.499. The van der Waals surface area contributed by atoms with E-state index in [1.54, 1.807) is 0 Å². The Morgan fingerprint density at radius 2 is 2.12 bits per heavy atom. The first kappa shape index (κ1) is 12.7. The summed E-state index contributed by atoms with van der Waals surface area (Å²) in [7, 11) is -4.19. The van der Waals surface area contributed by atoms with E-state index < -0.39 is 28.3 Å². The van der Waals surface area contributed by atoms with Crippen LogP contribution < -0.4 is 14.8 Å². The van der Waals surface area contributed by atoms with E-state index in [1.165, 1.54) is 4.72 Å². The van der Waals surface area contributed by atoms with Crippen molar-refractivity contribution in [2.75, 3.05) is 6.54 Å². The zero-order valence-corrected chi connectivity index (χ0v) is 9.21. The van der Waals surface area contributed by atoms with Gasteiger partial charge in [0.05, 0.1) is 0 Å². The Balaban J connectivity index is 2.64. The van der Waals surface area contributed by atoms with E-state index in [0.29, 0.717) is 19.4 Å². The van der Waals surface area contributed by atoms with Gasteiger partial charge < -0.3 is 10.4 Å². The van der Waals surface area contributed by atoms with Gasteiger partial charge in [0.25, 0.3) is 0 Å². The standard InChI is InChI=1S/C7H13N3O5S/c11-6-5(3-1-2-4-8-6)9-16(14,15)10-7(12)13/h5,9-10H,1-4H2,(H,8,11)(H,12,13). The molecule has 0 saturated carbocycles. The van der Waals surface area contributed by atoms with Crippen molar-refractivity contribution < 1.29 is 23.1 Å². The van der Waals surface area contributed by atoms with E-state index in [1.807, 2.05) is 4.72 Å². The first-order valence-electron chi connectivity index (χ1n) is 4.71. The molecule has 9 heteroatoms. The molecule has 8 nitrogen and oxygen atoms in total. The second-order valence-corrected chi connectivity index (χ2v) is 4.81. The Morgan fingerprint density at radius 3 is 2.75 bits per heavy atom. The summed E-state index contributed by atoms with van der Waals surface area (Å²) in [6.07, 6.45) is 0.128. The van der Waals surface area contributed by atoms with Gasteiger partial charge in [-0.25, -0.2) is 9.52 Å². The van der Waals surface area contributed by atoms with Crippen molar-refractivity contribution in [1.82, 2.24) is 14.8 Å².